The molecule has 0 bridgehead atoms. The van der Waals surface area contributed by atoms with E-state index in [4.69, 9.17) is 0 Å². The molecule has 0 aromatic rings. The van der Waals surface area contributed by atoms with Crippen LogP contribution in [0.3, 0.4) is 0 Å². The van der Waals surface area contributed by atoms with E-state index < -0.39 is 0 Å². The fourth-order valence-electron chi connectivity index (χ4n) is 3.88. The van der Waals surface area contributed by atoms with Crippen LogP contribution in [0.2, 0.25) is 0 Å². The van der Waals surface area contributed by atoms with E-state index >= 15 is 0 Å². The molecule has 0 spiro atoms. The Bertz CT molecular complexity index is 345. The molecule has 120 valence electrons. The first kappa shape index (κ1) is 16.6. The van der Waals surface area contributed by atoms with Crippen LogP contribution >= 0.6 is 0 Å². The number of allylic oxidation sites excluding steroid dienone is 2. The van der Waals surface area contributed by atoms with Crippen molar-refractivity contribution in [3.05, 3.63) is 24.4 Å². The van der Waals surface area contributed by atoms with Gasteiger partial charge in [-0.05, 0) is 37.2 Å². The van der Waals surface area contributed by atoms with Crippen molar-refractivity contribution in [2.24, 2.45) is 5.92 Å². The molecule has 2 aliphatic rings. The minimum absolute atomic E-state index is 0.562. The van der Waals surface area contributed by atoms with Crippen LogP contribution in [0.25, 0.3) is 0 Å². The summed E-state index contributed by atoms with van der Waals surface area (Å²) in [5, 5.41) is 0. The maximum absolute atomic E-state index is 3.95. The molecule has 21 heavy (non-hydrogen) atoms. The van der Waals surface area contributed by atoms with Crippen LogP contribution in [0, 0.1) is 5.92 Å². The average molecular weight is 290 g/mol. The molecule has 1 aliphatic carbocycles. The summed E-state index contributed by atoms with van der Waals surface area (Å²) in [4.78, 5) is 5.21. The third kappa shape index (κ3) is 4.60. The summed E-state index contributed by atoms with van der Waals surface area (Å²) in [5.41, 5.74) is 1.35. The molecule has 1 saturated heterocycles. The molecule has 0 amide bonds. The summed E-state index contributed by atoms with van der Waals surface area (Å²) >= 11 is 0. The van der Waals surface area contributed by atoms with Gasteiger partial charge in [-0.15, -0.1) is 0 Å². The zero-order chi connectivity index (χ0) is 15.2. The normalized spacial score (nSPS) is 23.5. The maximum atomic E-state index is 3.95. The van der Waals surface area contributed by atoms with E-state index in [0.717, 1.165) is 6.04 Å². The molecule has 0 radical (unpaired) electrons. The van der Waals surface area contributed by atoms with Gasteiger partial charge in [0.15, 0.2) is 0 Å². The van der Waals surface area contributed by atoms with E-state index in [2.05, 4.69) is 43.5 Å². The highest BCUT2D eigenvalue weighted by Gasteiger charge is 2.27. The Kier molecular flexibility index (Phi) is 6.35. The Balaban J connectivity index is 1.83. The molecule has 0 aromatic heterocycles. The molecular formula is C19H34N2. The van der Waals surface area contributed by atoms with Gasteiger partial charge in [0.1, 0.15) is 0 Å². The highest BCUT2D eigenvalue weighted by Crippen LogP contribution is 2.26. The molecule has 2 fully saturated rings. The molecular weight excluding hydrogens is 256 g/mol. The molecule has 1 heterocycles. The van der Waals surface area contributed by atoms with E-state index in [0.29, 0.717) is 12.0 Å². The van der Waals surface area contributed by atoms with Crippen LogP contribution in [0.5, 0.6) is 0 Å². The van der Waals surface area contributed by atoms with Gasteiger partial charge in [0.25, 0.3) is 0 Å². The van der Waals surface area contributed by atoms with Crippen molar-refractivity contribution in [3.63, 3.8) is 0 Å². The molecule has 2 rings (SSSR count). The summed E-state index contributed by atoms with van der Waals surface area (Å²) < 4.78 is 0. The summed E-state index contributed by atoms with van der Waals surface area (Å²) in [6.07, 6.45) is 14.2. The largest absolute Gasteiger partial charge is 0.377 e. The number of likely N-dealkylation sites (tertiary alicyclic amines) is 1. The number of rotatable bonds is 5. The zero-order valence-corrected chi connectivity index (χ0v) is 14.4. The van der Waals surface area contributed by atoms with Gasteiger partial charge in [-0.2, -0.15) is 0 Å². The molecule has 0 unspecified atom stereocenters. The minimum Gasteiger partial charge on any atom is -0.377 e. The van der Waals surface area contributed by atoms with Crippen molar-refractivity contribution >= 4 is 0 Å². The van der Waals surface area contributed by atoms with Crippen LogP contribution < -0.4 is 0 Å². The maximum Gasteiger partial charge on any atom is 0.0305 e. The second kappa shape index (κ2) is 8.03. The van der Waals surface area contributed by atoms with Gasteiger partial charge < -0.3 is 9.80 Å². The Hall–Kier alpha value is -0.760. The first-order valence-corrected chi connectivity index (χ1v) is 8.92. The Morgan fingerprint density at radius 2 is 1.71 bits per heavy atom. The summed E-state index contributed by atoms with van der Waals surface area (Å²) in [7, 11) is 2.24. The monoisotopic (exact) mass is 290 g/mol. The summed E-state index contributed by atoms with van der Waals surface area (Å²) in [6, 6.07) is 1.60. The second-order valence-corrected chi connectivity index (χ2v) is 7.21. The smallest absolute Gasteiger partial charge is 0.0305 e. The van der Waals surface area contributed by atoms with Crippen LogP contribution in [0.4, 0.5) is 0 Å². The molecule has 2 heteroatoms. The first-order chi connectivity index (χ1) is 10.1. The fraction of sp³-hybridized carbons (Fsp3) is 0.789. The van der Waals surface area contributed by atoms with Crippen molar-refractivity contribution in [1.82, 2.24) is 9.80 Å². The summed E-state index contributed by atoms with van der Waals surface area (Å²) in [6.45, 7) is 11.0. The Labute approximate surface area is 131 Å². The van der Waals surface area contributed by atoms with Crippen LogP contribution in [0.15, 0.2) is 24.4 Å². The lowest BCUT2D eigenvalue weighted by Gasteiger charge is -2.41. The van der Waals surface area contributed by atoms with Crippen molar-refractivity contribution in [1.29, 1.82) is 0 Å². The predicted octanol–water partition coefficient (Wildman–Crippen LogP) is 4.44. The van der Waals surface area contributed by atoms with Gasteiger partial charge in [0.05, 0.1) is 0 Å². The van der Waals surface area contributed by atoms with Crippen molar-refractivity contribution in [2.45, 2.75) is 70.9 Å². The van der Waals surface area contributed by atoms with Crippen LogP contribution in [0.1, 0.15) is 58.8 Å². The number of hydrogen-bond acceptors (Lipinski definition) is 2. The lowest BCUT2D eigenvalue weighted by atomic mass is 9.92. The lowest BCUT2D eigenvalue weighted by molar-refractivity contribution is 0.0948. The lowest BCUT2D eigenvalue weighted by Crippen LogP contribution is -2.46. The molecule has 2 nitrogen and oxygen atoms in total. The topological polar surface area (TPSA) is 6.48 Å². The van der Waals surface area contributed by atoms with E-state index in [1.54, 1.807) is 0 Å². The van der Waals surface area contributed by atoms with E-state index in [-0.39, 0.29) is 0 Å². The van der Waals surface area contributed by atoms with Crippen LogP contribution in [-0.2, 0) is 0 Å². The predicted molar refractivity (Wildman–Crippen MR) is 92.3 cm³/mol. The Morgan fingerprint density at radius 3 is 2.24 bits per heavy atom. The molecule has 0 atom stereocenters. The van der Waals surface area contributed by atoms with E-state index in [1.807, 2.05) is 6.08 Å². The second-order valence-electron chi connectivity index (χ2n) is 7.21. The van der Waals surface area contributed by atoms with Gasteiger partial charge >= 0.3 is 0 Å². The quantitative estimate of drug-likeness (QED) is 0.691. The minimum atomic E-state index is 0.562. The summed E-state index contributed by atoms with van der Waals surface area (Å²) in [5.74, 6) is 0.562. The van der Waals surface area contributed by atoms with E-state index in [1.165, 1.54) is 63.6 Å². The van der Waals surface area contributed by atoms with Crippen molar-refractivity contribution < 1.29 is 0 Å². The average Bonchev–Trinajstić information content (AvgIpc) is 2.53. The van der Waals surface area contributed by atoms with Gasteiger partial charge in [-0.3, -0.25) is 0 Å². The van der Waals surface area contributed by atoms with Gasteiger partial charge in [0.2, 0.25) is 0 Å². The Morgan fingerprint density at radius 1 is 1.10 bits per heavy atom. The van der Waals surface area contributed by atoms with Crippen molar-refractivity contribution in [2.75, 3.05) is 20.1 Å². The van der Waals surface area contributed by atoms with Gasteiger partial charge in [0, 0.05) is 38.4 Å². The molecule has 0 aromatic carbocycles. The molecule has 1 saturated carbocycles. The standard InChI is InChI=1S/C19H34N2/c1-5-17(16(2)3)15-20(4)18-11-13-21(14-12-18)19-9-7-6-8-10-19/h5,15-16,18-19H,1,6-14H2,2-4H3/b17-15+. The zero-order valence-electron chi connectivity index (χ0n) is 14.4. The van der Waals surface area contributed by atoms with Gasteiger partial charge in [-0.25, -0.2) is 0 Å². The highest BCUT2D eigenvalue weighted by atomic mass is 15.2. The molecule has 1 aliphatic heterocycles. The highest BCUT2D eigenvalue weighted by molar-refractivity contribution is 5.17. The van der Waals surface area contributed by atoms with E-state index in [9.17, 15) is 0 Å². The van der Waals surface area contributed by atoms with Gasteiger partial charge in [-0.1, -0.05) is 45.8 Å². The SMILES string of the molecule is C=C/C(=C\N(C)C1CCN(C2CCCCC2)CC1)C(C)C. The third-order valence-corrected chi connectivity index (χ3v) is 5.42. The number of hydrogen-bond donors (Lipinski definition) is 0. The number of nitrogens with zero attached hydrogens (tertiary/aromatic N) is 2. The fourth-order valence-corrected chi connectivity index (χ4v) is 3.88. The third-order valence-electron chi connectivity index (χ3n) is 5.42. The van der Waals surface area contributed by atoms with Crippen molar-refractivity contribution in [3.8, 4) is 0 Å². The first-order valence-electron chi connectivity index (χ1n) is 8.92. The number of piperidine rings is 1. The molecule has 0 N–H and O–H groups in total. The van der Waals surface area contributed by atoms with Crippen LogP contribution in [-0.4, -0.2) is 42.0 Å².